The third kappa shape index (κ3) is 3.36. The maximum absolute atomic E-state index is 13.1. The number of carbonyl (C=O) groups excluding carboxylic acids is 3. The first-order valence-corrected chi connectivity index (χ1v) is 12.4. The van der Waals surface area contributed by atoms with Gasteiger partial charge in [-0.15, -0.1) is 0 Å². The van der Waals surface area contributed by atoms with Gasteiger partial charge in [0.25, 0.3) is 0 Å². The van der Waals surface area contributed by atoms with Crippen molar-refractivity contribution in [2.75, 3.05) is 0 Å². The number of ketones is 2. The third-order valence-electron chi connectivity index (χ3n) is 9.60. The van der Waals surface area contributed by atoms with Gasteiger partial charge in [-0.1, -0.05) is 50.6 Å². The molecule has 0 amide bonds. The predicted octanol–water partition coefficient (Wildman–Crippen LogP) is 5.58. The van der Waals surface area contributed by atoms with Crippen LogP contribution in [0.25, 0.3) is 0 Å². The van der Waals surface area contributed by atoms with E-state index in [1.54, 1.807) is 31.2 Å². The lowest BCUT2D eigenvalue weighted by Crippen LogP contribution is -2.56. The zero-order valence-corrected chi connectivity index (χ0v) is 20.0. The normalized spacial score (nSPS) is 41.5. The van der Waals surface area contributed by atoms with E-state index in [2.05, 4.69) is 26.8 Å². The molecule has 1 aromatic rings. The molecule has 0 heterocycles. The maximum atomic E-state index is 13.1. The minimum atomic E-state index is -0.303. The fraction of sp³-hybridized carbons (Fsp3) is 0.552. The summed E-state index contributed by atoms with van der Waals surface area (Å²) in [6.45, 7) is 8.50. The van der Waals surface area contributed by atoms with Gasteiger partial charge in [0.2, 0.25) is 0 Å². The van der Waals surface area contributed by atoms with E-state index < -0.39 is 0 Å². The molecule has 5 rings (SSSR count). The van der Waals surface area contributed by atoms with Gasteiger partial charge >= 0.3 is 5.97 Å². The van der Waals surface area contributed by atoms with Gasteiger partial charge in [-0.25, -0.2) is 4.79 Å². The maximum Gasteiger partial charge on any atom is 0.338 e. The molecule has 174 valence electrons. The van der Waals surface area contributed by atoms with Gasteiger partial charge in [0.1, 0.15) is 11.9 Å². The second kappa shape index (κ2) is 7.78. The molecule has 0 radical (unpaired) electrons. The molecule has 0 spiro atoms. The molecule has 0 N–H and O–H groups in total. The molecule has 2 unspecified atom stereocenters. The monoisotopic (exact) mass is 446 g/mol. The van der Waals surface area contributed by atoms with Crippen molar-refractivity contribution in [1.29, 1.82) is 0 Å². The van der Waals surface area contributed by atoms with Gasteiger partial charge in [-0.2, -0.15) is 0 Å². The molecule has 3 fully saturated rings. The Hall–Kier alpha value is -2.49. The Kier molecular flexibility index (Phi) is 5.26. The summed E-state index contributed by atoms with van der Waals surface area (Å²) in [5.41, 5.74) is 1.36. The van der Waals surface area contributed by atoms with E-state index in [-0.39, 0.29) is 52.2 Å². The van der Waals surface area contributed by atoms with Gasteiger partial charge in [-0.3, -0.25) is 9.59 Å². The zero-order chi connectivity index (χ0) is 23.5. The SMILES string of the molecule is CC(=O)[C@H]1C(C)C[C@H]2[C@@H]3C(OC(=O)c4ccccc4)CC4=CC(=O)C=C[C@]4(C)[C@H]3CC[C@]12C. The van der Waals surface area contributed by atoms with Crippen LogP contribution in [0, 0.1) is 40.4 Å². The second-order valence-corrected chi connectivity index (χ2v) is 11.3. The first-order valence-electron chi connectivity index (χ1n) is 12.4. The number of Topliss-reactive ketones (excluding diaryl/α,β-unsaturated/α-hetero) is 1. The molecule has 4 aliphatic carbocycles. The average molecular weight is 447 g/mol. The summed E-state index contributed by atoms with van der Waals surface area (Å²) in [6.07, 6.45) is 8.82. The number of hydrogen-bond acceptors (Lipinski definition) is 4. The molecule has 0 aromatic heterocycles. The van der Waals surface area contributed by atoms with Crippen LogP contribution < -0.4 is 0 Å². The smallest absolute Gasteiger partial charge is 0.338 e. The lowest BCUT2D eigenvalue weighted by molar-refractivity contribution is -0.133. The highest BCUT2D eigenvalue weighted by molar-refractivity contribution is 6.01. The van der Waals surface area contributed by atoms with Crippen molar-refractivity contribution in [1.82, 2.24) is 0 Å². The third-order valence-corrected chi connectivity index (χ3v) is 9.60. The average Bonchev–Trinajstić information content (AvgIpc) is 3.05. The topological polar surface area (TPSA) is 60.4 Å². The van der Waals surface area contributed by atoms with Crippen LogP contribution in [0.5, 0.6) is 0 Å². The number of rotatable bonds is 3. The van der Waals surface area contributed by atoms with Crippen LogP contribution in [0.1, 0.15) is 63.7 Å². The van der Waals surface area contributed by atoms with Crippen molar-refractivity contribution in [3.05, 3.63) is 59.7 Å². The molecule has 4 heteroatoms. The summed E-state index contributed by atoms with van der Waals surface area (Å²) in [7, 11) is 0. The van der Waals surface area contributed by atoms with Crippen molar-refractivity contribution in [2.24, 2.45) is 40.4 Å². The molecule has 33 heavy (non-hydrogen) atoms. The van der Waals surface area contributed by atoms with Crippen molar-refractivity contribution in [3.8, 4) is 0 Å². The van der Waals surface area contributed by atoms with Gasteiger partial charge in [0, 0.05) is 23.7 Å². The number of esters is 1. The van der Waals surface area contributed by atoms with E-state index in [1.807, 2.05) is 18.2 Å². The van der Waals surface area contributed by atoms with Crippen LogP contribution in [-0.2, 0) is 14.3 Å². The van der Waals surface area contributed by atoms with Gasteiger partial charge in [0.15, 0.2) is 5.78 Å². The molecule has 0 bridgehead atoms. The van der Waals surface area contributed by atoms with Gasteiger partial charge in [-0.05, 0) is 73.6 Å². The lowest BCUT2D eigenvalue weighted by atomic mass is 9.47. The van der Waals surface area contributed by atoms with Crippen LogP contribution in [0.3, 0.4) is 0 Å². The molecule has 1 aromatic carbocycles. The Morgan fingerprint density at radius 3 is 2.52 bits per heavy atom. The largest absolute Gasteiger partial charge is 0.458 e. The number of allylic oxidation sites excluding steroid dienone is 3. The molecule has 3 saturated carbocycles. The fourth-order valence-electron chi connectivity index (χ4n) is 8.28. The van der Waals surface area contributed by atoms with E-state index in [4.69, 9.17) is 4.74 Å². The summed E-state index contributed by atoms with van der Waals surface area (Å²) in [5, 5.41) is 0. The highest BCUT2D eigenvalue weighted by Gasteiger charge is 2.64. The number of fused-ring (bicyclic) bond motifs is 5. The molecule has 4 aliphatic rings. The molecular weight excluding hydrogens is 412 g/mol. The Bertz CT molecular complexity index is 1050. The summed E-state index contributed by atoms with van der Waals surface area (Å²) in [4.78, 5) is 38.1. The summed E-state index contributed by atoms with van der Waals surface area (Å²) >= 11 is 0. The molecule has 4 nitrogen and oxygen atoms in total. The lowest BCUT2D eigenvalue weighted by Gasteiger charge is -2.58. The number of ether oxygens (including phenoxy) is 1. The summed E-state index contributed by atoms with van der Waals surface area (Å²) in [6, 6.07) is 9.15. The van der Waals surface area contributed by atoms with E-state index in [9.17, 15) is 14.4 Å². The standard InChI is InChI=1S/C29H34O4/c1-17-14-23-25-22(11-13-29(23,4)26(17)18(2)30)28(3)12-10-21(31)15-20(28)16-24(25)33-27(32)19-8-6-5-7-9-19/h5-10,12,15,17,22-26H,11,13-14,16H2,1-4H3/t17?,22-,23-,24?,25+,26+,28-,29-/m0/s1. The van der Waals surface area contributed by atoms with Crippen molar-refractivity contribution in [3.63, 3.8) is 0 Å². The van der Waals surface area contributed by atoms with E-state index in [1.165, 1.54) is 0 Å². The van der Waals surface area contributed by atoms with Crippen LogP contribution >= 0.6 is 0 Å². The minimum Gasteiger partial charge on any atom is -0.458 e. The van der Waals surface area contributed by atoms with Crippen LogP contribution in [-0.4, -0.2) is 23.6 Å². The zero-order valence-electron chi connectivity index (χ0n) is 20.0. The van der Waals surface area contributed by atoms with Gasteiger partial charge < -0.3 is 4.74 Å². The molecule has 8 atom stereocenters. The number of carbonyl (C=O) groups is 3. The van der Waals surface area contributed by atoms with E-state index >= 15 is 0 Å². The fourth-order valence-corrected chi connectivity index (χ4v) is 8.28. The predicted molar refractivity (Wildman–Crippen MR) is 126 cm³/mol. The first kappa shape index (κ1) is 22.3. The summed E-state index contributed by atoms with van der Waals surface area (Å²) in [5.74, 6) is 1.16. The molecular formula is C29H34O4. The van der Waals surface area contributed by atoms with E-state index in [0.29, 0.717) is 23.8 Å². The highest BCUT2D eigenvalue weighted by Crippen LogP contribution is 2.67. The summed E-state index contributed by atoms with van der Waals surface area (Å²) < 4.78 is 6.26. The minimum absolute atomic E-state index is 0.0147. The highest BCUT2D eigenvalue weighted by atomic mass is 16.5. The van der Waals surface area contributed by atoms with Crippen LogP contribution in [0.15, 0.2) is 54.1 Å². The molecule has 0 saturated heterocycles. The number of benzene rings is 1. The second-order valence-electron chi connectivity index (χ2n) is 11.3. The van der Waals surface area contributed by atoms with Crippen molar-refractivity contribution in [2.45, 2.75) is 59.5 Å². The Balaban J connectivity index is 1.56. The Labute approximate surface area is 196 Å². The molecule has 0 aliphatic heterocycles. The van der Waals surface area contributed by atoms with Crippen LogP contribution in [0.4, 0.5) is 0 Å². The first-order chi connectivity index (χ1) is 15.6. The van der Waals surface area contributed by atoms with Crippen molar-refractivity contribution >= 4 is 17.5 Å². The number of hydrogen-bond donors (Lipinski definition) is 0. The van der Waals surface area contributed by atoms with E-state index in [0.717, 1.165) is 24.8 Å². The van der Waals surface area contributed by atoms with Gasteiger partial charge in [0.05, 0.1) is 5.56 Å². The van der Waals surface area contributed by atoms with Crippen molar-refractivity contribution < 1.29 is 19.1 Å². The Morgan fingerprint density at radius 2 is 1.82 bits per heavy atom. The quantitative estimate of drug-likeness (QED) is 0.569. The van der Waals surface area contributed by atoms with Crippen LogP contribution in [0.2, 0.25) is 0 Å². The Morgan fingerprint density at radius 1 is 1.09 bits per heavy atom.